The minimum atomic E-state index is -0.319. The molecule has 0 aromatic heterocycles. The zero-order chi connectivity index (χ0) is 16.2. The van der Waals surface area contributed by atoms with Crippen LogP contribution in [0.4, 0.5) is 0 Å². The van der Waals surface area contributed by atoms with Crippen molar-refractivity contribution < 1.29 is 10.2 Å². The van der Waals surface area contributed by atoms with Crippen molar-refractivity contribution in [3.63, 3.8) is 0 Å². The Hall–Kier alpha value is -0.160. The second-order valence-electron chi connectivity index (χ2n) is 7.26. The first-order valence-electron chi connectivity index (χ1n) is 9.42. The molecule has 1 aliphatic rings. The summed E-state index contributed by atoms with van der Waals surface area (Å²) in [7, 11) is 0. The van der Waals surface area contributed by atoms with Gasteiger partial charge in [-0.05, 0) is 24.7 Å². The van der Waals surface area contributed by atoms with Gasteiger partial charge in [0.2, 0.25) is 0 Å². The maximum absolute atomic E-state index is 9.78. The highest BCUT2D eigenvalue weighted by Crippen LogP contribution is 2.27. The average Bonchev–Trinajstić information content (AvgIpc) is 2.51. The summed E-state index contributed by atoms with van der Waals surface area (Å²) in [6.07, 6.45) is 13.6. The molecule has 0 aromatic carbocycles. The maximum atomic E-state index is 9.78. The van der Waals surface area contributed by atoms with Gasteiger partial charge in [0.15, 0.2) is 0 Å². The van der Waals surface area contributed by atoms with Gasteiger partial charge in [0.05, 0.1) is 12.2 Å². The molecule has 1 rings (SSSR count). The van der Waals surface area contributed by atoms with Crippen molar-refractivity contribution >= 4 is 0 Å². The molecule has 6 N–H and O–H groups in total. The fourth-order valence-electron chi connectivity index (χ4n) is 3.81. The molecule has 0 aromatic rings. The zero-order valence-corrected chi connectivity index (χ0v) is 14.3. The lowest BCUT2D eigenvalue weighted by Gasteiger charge is -2.23. The van der Waals surface area contributed by atoms with Gasteiger partial charge in [0, 0.05) is 13.1 Å². The van der Waals surface area contributed by atoms with Crippen molar-refractivity contribution in [1.82, 2.24) is 0 Å². The van der Waals surface area contributed by atoms with Crippen LogP contribution in [0.5, 0.6) is 0 Å². The van der Waals surface area contributed by atoms with Crippen LogP contribution in [0.25, 0.3) is 0 Å². The number of nitrogens with two attached hydrogens (primary N) is 2. The van der Waals surface area contributed by atoms with Crippen molar-refractivity contribution in [1.29, 1.82) is 0 Å². The molecule has 1 saturated carbocycles. The van der Waals surface area contributed by atoms with Crippen LogP contribution >= 0.6 is 0 Å². The van der Waals surface area contributed by atoms with Gasteiger partial charge in [-0.3, -0.25) is 0 Å². The molecule has 2 atom stereocenters. The summed E-state index contributed by atoms with van der Waals surface area (Å²) in [4.78, 5) is 0. The second kappa shape index (κ2) is 12.3. The van der Waals surface area contributed by atoms with Gasteiger partial charge < -0.3 is 21.7 Å². The molecule has 0 bridgehead atoms. The quantitative estimate of drug-likeness (QED) is 0.606. The maximum Gasteiger partial charge on any atom is 0.0665 e. The average molecular weight is 315 g/mol. The highest BCUT2D eigenvalue weighted by atomic mass is 16.3. The van der Waals surface area contributed by atoms with Crippen LogP contribution in [-0.4, -0.2) is 35.5 Å². The number of hydrogen-bond acceptors (Lipinski definition) is 4. The van der Waals surface area contributed by atoms with E-state index in [1.54, 1.807) is 0 Å². The van der Waals surface area contributed by atoms with Gasteiger partial charge in [-0.2, -0.15) is 0 Å². The van der Waals surface area contributed by atoms with E-state index in [0.717, 1.165) is 12.8 Å². The molecule has 0 radical (unpaired) electrons. The third kappa shape index (κ3) is 9.09. The van der Waals surface area contributed by atoms with E-state index >= 15 is 0 Å². The minimum Gasteiger partial charge on any atom is -0.392 e. The van der Waals surface area contributed by atoms with Crippen molar-refractivity contribution in [2.45, 2.75) is 89.3 Å². The van der Waals surface area contributed by atoms with E-state index in [4.69, 9.17) is 11.5 Å². The Morgan fingerprint density at radius 1 is 0.636 bits per heavy atom. The summed E-state index contributed by atoms with van der Waals surface area (Å²) in [5.41, 5.74) is 11.1. The molecule has 4 heteroatoms. The van der Waals surface area contributed by atoms with Crippen LogP contribution in [0.1, 0.15) is 77.0 Å². The van der Waals surface area contributed by atoms with Gasteiger partial charge in [-0.15, -0.1) is 0 Å². The lowest BCUT2D eigenvalue weighted by Crippen LogP contribution is -2.23. The Balaban J connectivity index is 2.36. The standard InChI is InChI=1S/C18H38N2O2/c19-13-17(21)11-15-7-3-1-4-8-16(12-18(22)14-20)10-6-2-5-9-15/h15-18,21-22H,1-14,19-20H2. The second-order valence-corrected chi connectivity index (χ2v) is 7.26. The van der Waals surface area contributed by atoms with Crippen LogP contribution in [0, 0.1) is 11.8 Å². The fourth-order valence-corrected chi connectivity index (χ4v) is 3.81. The number of rotatable bonds is 6. The third-order valence-electron chi connectivity index (χ3n) is 5.20. The summed E-state index contributed by atoms with van der Waals surface area (Å²) in [6, 6.07) is 0. The molecule has 2 unspecified atom stereocenters. The van der Waals surface area contributed by atoms with Crippen LogP contribution in [-0.2, 0) is 0 Å². The summed E-state index contributed by atoms with van der Waals surface area (Å²) in [5, 5.41) is 19.6. The normalized spacial score (nSPS) is 28.4. The molecule has 0 saturated heterocycles. The molecule has 22 heavy (non-hydrogen) atoms. The minimum absolute atomic E-state index is 0.319. The third-order valence-corrected chi connectivity index (χ3v) is 5.20. The Kier molecular flexibility index (Phi) is 11.1. The Bertz CT molecular complexity index is 225. The molecule has 0 aliphatic heterocycles. The van der Waals surface area contributed by atoms with Crippen molar-refractivity contribution in [3.8, 4) is 0 Å². The molecular formula is C18H38N2O2. The van der Waals surface area contributed by atoms with Crippen LogP contribution < -0.4 is 11.5 Å². The summed E-state index contributed by atoms with van der Waals surface area (Å²) >= 11 is 0. The van der Waals surface area contributed by atoms with Crippen molar-refractivity contribution in [3.05, 3.63) is 0 Å². The van der Waals surface area contributed by atoms with Gasteiger partial charge in [0.1, 0.15) is 0 Å². The lowest BCUT2D eigenvalue weighted by atomic mass is 9.85. The van der Waals surface area contributed by atoms with Crippen LogP contribution in [0.2, 0.25) is 0 Å². The Morgan fingerprint density at radius 2 is 0.955 bits per heavy atom. The summed E-state index contributed by atoms with van der Waals surface area (Å²) in [5.74, 6) is 1.29. The van der Waals surface area contributed by atoms with Crippen molar-refractivity contribution in [2.75, 3.05) is 13.1 Å². The first-order chi connectivity index (χ1) is 10.7. The SMILES string of the molecule is NCC(O)CC1CCCCCC(CC(O)CN)CCCCC1. The van der Waals surface area contributed by atoms with E-state index in [1.807, 2.05) is 0 Å². The molecule has 0 amide bonds. The molecular weight excluding hydrogens is 276 g/mol. The van der Waals surface area contributed by atoms with E-state index in [9.17, 15) is 10.2 Å². The van der Waals surface area contributed by atoms with E-state index in [1.165, 1.54) is 64.2 Å². The fraction of sp³-hybridized carbons (Fsp3) is 1.00. The monoisotopic (exact) mass is 314 g/mol. The van der Waals surface area contributed by atoms with Crippen LogP contribution in [0.15, 0.2) is 0 Å². The van der Waals surface area contributed by atoms with Gasteiger partial charge >= 0.3 is 0 Å². The molecule has 1 fully saturated rings. The van der Waals surface area contributed by atoms with E-state index in [0.29, 0.717) is 24.9 Å². The lowest BCUT2D eigenvalue weighted by molar-refractivity contribution is 0.137. The topological polar surface area (TPSA) is 92.5 Å². The van der Waals surface area contributed by atoms with Gasteiger partial charge in [0.25, 0.3) is 0 Å². The highest BCUT2D eigenvalue weighted by Gasteiger charge is 2.17. The number of aliphatic hydroxyl groups is 2. The van der Waals surface area contributed by atoms with Gasteiger partial charge in [-0.1, -0.05) is 64.2 Å². The Labute approximate surface area is 136 Å². The van der Waals surface area contributed by atoms with Crippen LogP contribution in [0.3, 0.4) is 0 Å². The Morgan fingerprint density at radius 3 is 1.23 bits per heavy atom. The molecule has 0 spiro atoms. The smallest absolute Gasteiger partial charge is 0.0665 e. The first kappa shape index (κ1) is 19.9. The zero-order valence-electron chi connectivity index (χ0n) is 14.3. The predicted octanol–water partition coefficient (Wildman–Crippen LogP) is 2.55. The first-order valence-corrected chi connectivity index (χ1v) is 9.42. The van der Waals surface area contributed by atoms with E-state index in [2.05, 4.69) is 0 Å². The predicted molar refractivity (Wildman–Crippen MR) is 92.5 cm³/mol. The van der Waals surface area contributed by atoms with E-state index < -0.39 is 0 Å². The number of hydrogen-bond donors (Lipinski definition) is 4. The van der Waals surface area contributed by atoms with Crippen molar-refractivity contribution in [2.24, 2.45) is 23.3 Å². The number of aliphatic hydroxyl groups excluding tert-OH is 2. The molecule has 132 valence electrons. The van der Waals surface area contributed by atoms with Gasteiger partial charge in [-0.25, -0.2) is 0 Å². The van der Waals surface area contributed by atoms with E-state index in [-0.39, 0.29) is 12.2 Å². The summed E-state index contributed by atoms with van der Waals surface area (Å²) in [6.45, 7) is 0.781. The molecule has 1 aliphatic carbocycles. The molecule has 0 heterocycles. The summed E-state index contributed by atoms with van der Waals surface area (Å²) < 4.78 is 0. The molecule has 4 nitrogen and oxygen atoms in total. The largest absolute Gasteiger partial charge is 0.392 e. The highest BCUT2D eigenvalue weighted by molar-refractivity contribution is 4.70.